The Bertz CT molecular complexity index is 1030. The van der Waals surface area contributed by atoms with Crippen LogP contribution in [0.25, 0.3) is 0 Å². The summed E-state index contributed by atoms with van der Waals surface area (Å²) in [6.45, 7) is 0. The van der Waals surface area contributed by atoms with Crippen molar-refractivity contribution in [1.29, 1.82) is 0 Å². The lowest BCUT2D eigenvalue weighted by atomic mass is 9.98. The molecule has 0 saturated heterocycles. The van der Waals surface area contributed by atoms with E-state index in [1.165, 1.54) is 4.90 Å². The van der Waals surface area contributed by atoms with Crippen LogP contribution >= 0.6 is 0 Å². The molecule has 0 bridgehead atoms. The maximum Gasteiger partial charge on any atom is 0.414 e. The average Bonchev–Trinajstić information content (AvgIpc) is 2.89. The number of benzene rings is 2. The first-order valence-corrected chi connectivity index (χ1v) is 9.13. The third kappa shape index (κ3) is 4.95. The number of hydrogen-bond acceptors (Lipinski definition) is 8. The number of carboxylic acid groups (broad SMARTS) is 2. The summed E-state index contributed by atoms with van der Waals surface area (Å²) in [5, 5.41) is 14.8. The summed E-state index contributed by atoms with van der Waals surface area (Å²) < 4.78 is 16.4. The van der Waals surface area contributed by atoms with Crippen molar-refractivity contribution in [3.8, 4) is 17.2 Å². The predicted octanol–water partition coefficient (Wildman–Crippen LogP) is 0.967. The lowest BCUT2D eigenvalue weighted by Gasteiger charge is -2.20. The molecule has 32 heavy (non-hydrogen) atoms. The highest BCUT2D eigenvalue weighted by Gasteiger charge is 2.30. The van der Waals surface area contributed by atoms with E-state index in [1.807, 2.05) is 24.3 Å². The number of ether oxygens (including phenoxy) is 3. The van der Waals surface area contributed by atoms with Crippen molar-refractivity contribution >= 4 is 29.2 Å². The van der Waals surface area contributed by atoms with Crippen molar-refractivity contribution in [2.24, 2.45) is 10.7 Å². The molecule has 1 amide bonds. The van der Waals surface area contributed by atoms with Crippen molar-refractivity contribution in [1.82, 2.24) is 0 Å². The van der Waals surface area contributed by atoms with E-state index in [1.54, 1.807) is 40.5 Å². The first kappa shape index (κ1) is 24.2. The number of aliphatic imine (C=N–C) groups is 1. The first-order valence-electron chi connectivity index (χ1n) is 9.13. The molecule has 1 atom stereocenters. The highest BCUT2D eigenvalue weighted by atomic mass is 16.5. The number of nitrogens with zero attached hydrogens (tertiary/aromatic N) is 2. The number of benzodiazepines with no additional fused rings is 1. The van der Waals surface area contributed by atoms with Crippen LogP contribution in [0.15, 0.2) is 41.4 Å². The molecule has 3 rings (SSSR count). The fourth-order valence-corrected chi connectivity index (χ4v) is 2.99. The van der Waals surface area contributed by atoms with Gasteiger partial charge >= 0.3 is 11.9 Å². The Morgan fingerprint density at radius 3 is 2.00 bits per heavy atom. The zero-order valence-electron chi connectivity index (χ0n) is 17.9. The minimum Gasteiger partial charge on any atom is -0.496 e. The SMILES string of the molecule is COc1cc(OC)c(C2=NC(N)C(=O)N(C)c3ccccc32)c(OC)c1.O=C(O)C(=O)O. The number of rotatable bonds is 4. The maximum absolute atomic E-state index is 12.5. The largest absolute Gasteiger partial charge is 0.496 e. The number of carboxylic acids is 2. The number of carbonyl (C=O) groups is 3. The third-order valence-corrected chi connectivity index (χ3v) is 4.51. The van der Waals surface area contributed by atoms with Gasteiger partial charge in [-0.05, 0) is 6.07 Å². The number of methoxy groups -OCH3 is 3. The van der Waals surface area contributed by atoms with Crippen molar-refractivity contribution in [3.05, 3.63) is 47.5 Å². The number of amides is 1. The summed E-state index contributed by atoms with van der Waals surface area (Å²) in [5.41, 5.74) is 8.65. The van der Waals surface area contributed by atoms with Crippen LogP contribution in [-0.2, 0) is 14.4 Å². The van der Waals surface area contributed by atoms with Crippen LogP contribution in [0.4, 0.5) is 5.69 Å². The lowest BCUT2D eigenvalue weighted by molar-refractivity contribution is -0.159. The fourth-order valence-electron chi connectivity index (χ4n) is 2.99. The second-order valence-corrected chi connectivity index (χ2v) is 6.35. The first-order chi connectivity index (χ1) is 15.2. The van der Waals surface area contributed by atoms with E-state index in [4.69, 9.17) is 39.7 Å². The zero-order chi connectivity index (χ0) is 24.0. The number of carbonyl (C=O) groups excluding carboxylic acids is 1. The van der Waals surface area contributed by atoms with E-state index < -0.39 is 18.1 Å². The monoisotopic (exact) mass is 445 g/mol. The number of fused-ring (bicyclic) bond motifs is 1. The molecule has 2 aromatic carbocycles. The summed E-state index contributed by atoms with van der Waals surface area (Å²) in [7, 11) is 6.36. The number of nitrogens with two attached hydrogens (primary N) is 1. The number of hydrogen-bond donors (Lipinski definition) is 3. The molecule has 0 spiro atoms. The van der Waals surface area contributed by atoms with Gasteiger partial charge in [-0.3, -0.25) is 9.79 Å². The van der Waals surface area contributed by atoms with Gasteiger partial charge in [0.05, 0.1) is 38.3 Å². The van der Waals surface area contributed by atoms with Crippen molar-refractivity contribution in [2.45, 2.75) is 6.17 Å². The van der Waals surface area contributed by atoms with Gasteiger partial charge in [0.15, 0.2) is 6.17 Å². The van der Waals surface area contributed by atoms with Crippen LogP contribution in [0.1, 0.15) is 11.1 Å². The highest BCUT2D eigenvalue weighted by molar-refractivity contribution is 6.27. The van der Waals surface area contributed by atoms with Gasteiger partial charge in [-0.1, -0.05) is 18.2 Å². The molecule has 0 fully saturated rings. The van der Waals surface area contributed by atoms with Crippen LogP contribution < -0.4 is 24.8 Å². The van der Waals surface area contributed by atoms with E-state index in [-0.39, 0.29) is 5.91 Å². The summed E-state index contributed by atoms with van der Waals surface area (Å²) in [5.74, 6) is -2.33. The molecule has 1 aliphatic rings. The number of aliphatic carboxylic acids is 2. The molecular weight excluding hydrogens is 422 g/mol. The van der Waals surface area contributed by atoms with Gasteiger partial charge in [-0.2, -0.15) is 0 Å². The van der Waals surface area contributed by atoms with Gasteiger partial charge < -0.3 is 35.1 Å². The van der Waals surface area contributed by atoms with Gasteiger partial charge in [-0.25, -0.2) is 9.59 Å². The Morgan fingerprint density at radius 1 is 1.00 bits per heavy atom. The molecule has 2 aromatic rings. The second kappa shape index (κ2) is 10.3. The van der Waals surface area contributed by atoms with E-state index >= 15 is 0 Å². The van der Waals surface area contributed by atoms with E-state index in [0.29, 0.717) is 34.2 Å². The van der Waals surface area contributed by atoms with Gasteiger partial charge in [-0.15, -0.1) is 0 Å². The highest BCUT2D eigenvalue weighted by Crippen LogP contribution is 2.38. The normalized spacial score (nSPS) is 14.8. The van der Waals surface area contributed by atoms with Crippen LogP contribution in [0.5, 0.6) is 17.2 Å². The molecule has 4 N–H and O–H groups in total. The molecule has 0 radical (unpaired) electrons. The lowest BCUT2D eigenvalue weighted by Crippen LogP contribution is -2.39. The van der Waals surface area contributed by atoms with E-state index in [9.17, 15) is 4.79 Å². The average molecular weight is 445 g/mol. The Hall–Kier alpha value is -4.12. The summed E-state index contributed by atoms with van der Waals surface area (Å²) >= 11 is 0. The summed E-state index contributed by atoms with van der Waals surface area (Å²) in [6.07, 6.45) is -1.03. The minimum absolute atomic E-state index is 0.293. The van der Waals surface area contributed by atoms with Crippen LogP contribution in [-0.4, -0.2) is 68.3 Å². The molecule has 170 valence electrons. The van der Waals surface area contributed by atoms with Crippen LogP contribution in [0.2, 0.25) is 0 Å². The second-order valence-electron chi connectivity index (χ2n) is 6.35. The molecule has 1 unspecified atom stereocenters. The van der Waals surface area contributed by atoms with Gasteiger partial charge in [0.2, 0.25) is 0 Å². The fraction of sp³-hybridized carbons (Fsp3) is 0.238. The predicted molar refractivity (Wildman–Crippen MR) is 115 cm³/mol. The summed E-state index contributed by atoms with van der Waals surface area (Å²) in [4.78, 5) is 36.7. The zero-order valence-corrected chi connectivity index (χ0v) is 17.9. The standard InChI is InChI=1S/C19H21N3O4.C2H2O4/c1-22-13-8-6-5-7-12(13)17(21-18(20)19(22)23)16-14(25-3)9-11(24-2)10-15(16)26-4;3-1(4)2(5)6/h5-10,18H,20H2,1-4H3;(H,3,4)(H,5,6). The van der Waals surface area contributed by atoms with E-state index in [0.717, 1.165) is 5.56 Å². The molecule has 1 aliphatic heterocycles. The van der Waals surface area contributed by atoms with Crippen molar-refractivity contribution < 1.29 is 38.8 Å². The quantitative estimate of drug-likeness (QED) is 0.582. The molecule has 11 heteroatoms. The minimum atomic E-state index is -1.82. The molecule has 0 aliphatic carbocycles. The number of likely N-dealkylation sites (N-methyl/N-ethyl adjacent to an activating group) is 1. The maximum atomic E-state index is 12.5. The molecule has 1 heterocycles. The Morgan fingerprint density at radius 2 is 1.53 bits per heavy atom. The Labute approximate surface area is 183 Å². The van der Waals surface area contributed by atoms with Crippen molar-refractivity contribution in [3.63, 3.8) is 0 Å². The topological polar surface area (TPSA) is 161 Å². The molecular formula is C21H23N3O8. The third-order valence-electron chi connectivity index (χ3n) is 4.51. The van der Waals surface area contributed by atoms with Gasteiger partial charge in [0.25, 0.3) is 5.91 Å². The molecule has 0 saturated carbocycles. The Balaban J connectivity index is 0.000000534. The number of anilines is 1. The number of para-hydroxylation sites is 1. The molecule has 0 aromatic heterocycles. The van der Waals surface area contributed by atoms with Crippen molar-refractivity contribution in [2.75, 3.05) is 33.3 Å². The molecule has 11 nitrogen and oxygen atoms in total. The van der Waals surface area contributed by atoms with Crippen LogP contribution in [0, 0.1) is 0 Å². The Kier molecular flexibility index (Phi) is 7.75. The van der Waals surface area contributed by atoms with Gasteiger partial charge in [0.1, 0.15) is 17.2 Å². The van der Waals surface area contributed by atoms with E-state index in [2.05, 4.69) is 4.99 Å². The van der Waals surface area contributed by atoms with Gasteiger partial charge in [0, 0.05) is 24.7 Å². The smallest absolute Gasteiger partial charge is 0.414 e. The summed E-state index contributed by atoms with van der Waals surface area (Å²) in [6, 6.07) is 11.0. The van der Waals surface area contributed by atoms with Crippen LogP contribution in [0.3, 0.4) is 0 Å².